The lowest BCUT2D eigenvalue weighted by Gasteiger charge is -2.50. The molecule has 340 valence electrons. The van der Waals surface area contributed by atoms with Gasteiger partial charge in [-0.1, -0.05) is 182 Å². The van der Waals surface area contributed by atoms with Crippen molar-refractivity contribution in [2.24, 2.45) is 0 Å². The lowest BCUT2D eigenvalue weighted by atomic mass is 9.33. The SMILES string of the molecule is CC(C)(C)c1cccc(N2c3cc(C(C)(C)C)ccc3B3c4ccc(C(C)(C)C)cc4N(c4cccc(C(C)(C)C)c4)c4cc(N5c6ccccc6C6(C)CCCCCCC56C)cc2c43)c1. The molecule has 2 atom stereocenters. The summed E-state index contributed by atoms with van der Waals surface area (Å²) >= 11 is 0. The van der Waals surface area contributed by atoms with E-state index in [9.17, 15) is 0 Å². The first-order chi connectivity index (χ1) is 31.0. The van der Waals surface area contributed by atoms with E-state index < -0.39 is 0 Å². The van der Waals surface area contributed by atoms with Crippen molar-refractivity contribution in [1.29, 1.82) is 0 Å². The predicted octanol–water partition coefficient (Wildman–Crippen LogP) is 15.5. The van der Waals surface area contributed by atoms with Gasteiger partial charge in [-0.05, 0) is 140 Å². The first-order valence-corrected chi connectivity index (χ1v) is 25.2. The first kappa shape index (κ1) is 44.6. The fraction of sp³-hybridized carbons (Fsp3) is 0.419. The quantitative estimate of drug-likeness (QED) is 0.164. The van der Waals surface area contributed by atoms with Crippen molar-refractivity contribution in [3.63, 3.8) is 0 Å². The number of nitrogens with zero attached hydrogens (tertiary/aromatic N) is 3. The highest BCUT2D eigenvalue weighted by Crippen LogP contribution is 2.61. The van der Waals surface area contributed by atoms with Crippen LogP contribution in [0.4, 0.5) is 45.5 Å². The Labute approximate surface area is 398 Å². The van der Waals surface area contributed by atoms with Gasteiger partial charge in [0, 0.05) is 50.9 Å². The van der Waals surface area contributed by atoms with Crippen molar-refractivity contribution in [1.82, 2.24) is 0 Å². The standard InChI is InChI=1S/C62H74BN3/c1-57(2,3)41-23-21-25-45(35-41)64-52-37-43(59(7,8)9)29-31-49(52)63-50-32-30-44(60(10,11)12)38-53(50)65(46-26-22-24-42(36-46)58(4,5)6)55-40-47(39-54(64)56(55)63)66-51-28-18-17-27-48(51)61(13)33-19-15-16-20-34-62(61,66)14/h17-18,21-32,35-40H,15-16,19-20,33-34H2,1-14H3. The molecule has 4 aliphatic rings. The van der Waals surface area contributed by atoms with Crippen molar-refractivity contribution >= 4 is 68.6 Å². The molecule has 10 rings (SSSR count). The average molecular weight is 872 g/mol. The molecule has 0 amide bonds. The summed E-state index contributed by atoms with van der Waals surface area (Å²) in [5, 5.41) is 0. The Morgan fingerprint density at radius 2 is 0.864 bits per heavy atom. The number of benzene rings is 6. The van der Waals surface area contributed by atoms with Crippen LogP contribution in [0, 0.1) is 0 Å². The second-order valence-electron chi connectivity index (χ2n) is 25.0. The van der Waals surface area contributed by atoms with Crippen LogP contribution in [-0.4, -0.2) is 12.3 Å². The van der Waals surface area contributed by atoms with E-state index in [2.05, 4.69) is 233 Å². The Balaban J connectivity index is 1.36. The third kappa shape index (κ3) is 6.97. The summed E-state index contributed by atoms with van der Waals surface area (Å²) in [6.45, 7) is 33.5. The summed E-state index contributed by atoms with van der Waals surface area (Å²) in [6, 6.07) is 48.4. The van der Waals surface area contributed by atoms with E-state index in [0.29, 0.717) is 0 Å². The van der Waals surface area contributed by atoms with E-state index in [-0.39, 0.29) is 39.3 Å². The third-order valence-electron chi connectivity index (χ3n) is 16.5. The van der Waals surface area contributed by atoms with Gasteiger partial charge in [-0.25, -0.2) is 0 Å². The topological polar surface area (TPSA) is 9.72 Å². The van der Waals surface area contributed by atoms with Crippen molar-refractivity contribution in [2.45, 2.75) is 168 Å². The van der Waals surface area contributed by atoms with E-state index in [1.165, 1.54) is 122 Å². The highest BCUT2D eigenvalue weighted by molar-refractivity contribution is 7.00. The van der Waals surface area contributed by atoms with Crippen LogP contribution in [0.15, 0.2) is 121 Å². The highest BCUT2D eigenvalue weighted by atomic mass is 15.3. The van der Waals surface area contributed by atoms with Crippen LogP contribution in [-0.2, 0) is 27.1 Å². The maximum atomic E-state index is 2.83. The molecule has 6 aromatic carbocycles. The smallest absolute Gasteiger partial charge is 0.252 e. The third-order valence-corrected chi connectivity index (χ3v) is 16.5. The largest absolute Gasteiger partial charge is 0.334 e. The fourth-order valence-corrected chi connectivity index (χ4v) is 12.3. The fourth-order valence-electron chi connectivity index (χ4n) is 12.3. The van der Waals surface area contributed by atoms with Gasteiger partial charge in [-0.3, -0.25) is 0 Å². The zero-order valence-corrected chi connectivity index (χ0v) is 42.7. The maximum absolute atomic E-state index is 2.83. The molecular weight excluding hydrogens is 798 g/mol. The molecule has 66 heavy (non-hydrogen) atoms. The van der Waals surface area contributed by atoms with Gasteiger partial charge in [0.1, 0.15) is 0 Å². The molecule has 4 heteroatoms. The minimum Gasteiger partial charge on any atom is -0.334 e. The molecular formula is C62H74BN3. The monoisotopic (exact) mass is 872 g/mol. The summed E-state index contributed by atoms with van der Waals surface area (Å²) in [5.41, 5.74) is 21.0. The minimum atomic E-state index is -0.122. The van der Waals surface area contributed by atoms with Gasteiger partial charge in [-0.15, -0.1) is 0 Å². The minimum absolute atomic E-state index is 0.00353. The summed E-state index contributed by atoms with van der Waals surface area (Å²) < 4.78 is 0. The van der Waals surface area contributed by atoms with Crippen LogP contribution >= 0.6 is 0 Å². The molecule has 3 nitrogen and oxygen atoms in total. The van der Waals surface area contributed by atoms with E-state index in [4.69, 9.17) is 0 Å². The van der Waals surface area contributed by atoms with Crippen molar-refractivity contribution in [2.75, 3.05) is 14.7 Å². The van der Waals surface area contributed by atoms with Crippen LogP contribution in [0.5, 0.6) is 0 Å². The summed E-state index contributed by atoms with van der Waals surface area (Å²) in [5.74, 6) is 0. The zero-order chi connectivity index (χ0) is 46.9. The molecule has 2 unspecified atom stereocenters. The number of hydrogen-bond acceptors (Lipinski definition) is 3. The van der Waals surface area contributed by atoms with Gasteiger partial charge in [0.2, 0.25) is 0 Å². The van der Waals surface area contributed by atoms with Gasteiger partial charge in [-0.2, -0.15) is 0 Å². The Bertz CT molecular complexity index is 2730. The predicted molar refractivity (Wildman–Crippen MR) is 287 cm³/mol. The molecule has 0 saturated heterocycles. The molecule has 3 aliphatic heterocycles. The Morgan fingerprint density at radius 3 is 1.35 bits per heavy atom. The molecule has 1 aliphatic carbocycles. The Morgan fingerprint density at radius 1 is 0.409 bits per heavy atom. The molecule has 1 fully saturated rings. The summed E-state index contributed by atoms with van der Waals surface area (Å²) in [7, 11) is 0. The van der Waals surface area contributed by atoms with Crippen molar-refractivity contribution in [3.05, 3.63) is 149 Å². The average Bonchev–Trinajstić information content (AvgIpc) is 3.43. The molecule has 0 bridgehead atoms. The van der Waals surface area contributed by atoms with Crippen LogP contribution in [0.1, 0.15) is 163 Å². The summed E-state index contributed by atoms with van der Waals surface area (Å²) in [4.78, 5) is 8.16. The van der Waals surface area contributed by atoms with Gasteiger partial charge < -0.3 is 14.7 Å². The van der Waals surface area contributed by atoms with Gasteiger partial charge in [0.05, 0.1) is 5.54 Å². The highest BCUT2D eigenvalue weighted by Gasteiger charge is 2.57. The Kier molecular flexibility index (Phi) is 10.2. The lowest BCUT2D eigenvalue weighted by molar-refractivity contribution is 0.218. The first-order valence-electron chi connectivity index (χ1n) is 25.2. The van der Waals surface area contributed by atoms with E-state index in [0.717, 1.165) is 6.42 Å². The van der Waals surface area contributed by atoms with Crippen LogP contribution < -0.4 is 31.1 Å². The molecule has 6 aromatic rings. The molecule has 0 aromatic heterocycles. The number of anilines is 8. The second kappa shape index (κ2) is 15.1. The maximum Gasteiger partial charge on any atom is 0.252 e. The molecule has 0 spiro atoms. The lowest BCUT2D eigenvalue weighted by Crippen LogP contribution is -2.61. The van der Waals surface area contributed by atoms with Gasteiger partial charge in [0.15, 0.2) is 0 Å². The zero-order valence-electron chi connectivity index (χ0n) is 42.7. The van der Waals surface area contributed by atoms with Crippen molar-refractivity contribution in [3.8, 4) is 0 Å². The Hall–Kier alpha value is -5.22. The summed E-state index contributed by atoms with van der Waals surface area (Å²) in [6.07, 6.45) is 7.45. The molecule has 1 saturated carbocycles. The van der Waals surface area contributed by atoms with E-state index in [1.54, 1.807) is 0 Å². The number of para-hydroxylation sites is 1. The molecule has 0 N–H and O–H groups in total. The van der Waals surface area contributed by atoms with E-state index in [1.807, 2.05) is 0 Å². The van der Waals surface area contributed by atoms with E-state index >= 15 is 0 Å². The second-order valence-corrected chi connectivity index (χ2v) is 25.0. The van der Waals surface area contributed by atoms with Gasteiger partial charge in [0.25, 0.3) is 6.71 Å². The van der Waals surface area contributed by atoms with Crippen molar-refractivity contribution < 1.29 is 0 Å². The number of hydrogen-bond donors (Lipinski definition) is 0. The van der Waals surface area contributed by atoms with Crippen LogP contribution in [0.25, 0.3) is 0 Å². The number of rotatable bonds is 3. The van der Waals surface area contributed by atoms with Crippen LogP contribution in [0.2, 0.25) is 0 Å². The normalized spacial score (nSPS) is 20.5. The number of fused-ring (bicyclic) bond motifs is 7. The molecule has 0 radical (unpaired) electrons. The van der Waals surface area contributed by atoms with Crippen LogP contribution in [0.3, 0.4) is 0 Å². The van der Waals surface area contributed by atoms with Gasteiger partial charge >= 0.3 is 0 Å². The molecule has 3 heterocycles.